The van der Waals surface area contributed by atoms with Crippen molar-refractivity contribution in [1.82, 2.24) is 10.1 Å². The third-order valence-electron chi connectivity index (χ3n) is 3.03. The predicted octanol–water partition coefficient (Wildman–Crippen LogP) is 0.0428. The van der Waals surface area contributed by atoms with Crippen LogP contribution in [0.2, 0.25) is 0 Å². The highest BCUT2D eigenvalue weighted by atomic mass is 16.5. The molecular weight excluding hydrogens is 252 g/mol. The third-order valence-corrected chi connectivity index (χ3v) is 3.03. The molecule has 106 valence electrons. The molecule has 0 spiro atoms. The minimum Gasteiger partial charge on any atom is -0.394 e. The molecule has 0 saturated carbocycles. The number of carbonyl (C=O) groups is 1. The number of amides is 1. The Bertz CT molecular complexity index is 434. The summed E-state index contributed by atoms with van der Waals surface area (Å²) < 4.78 is 15.3. The number of hydrogen-bond acceptors (Lipinski definition) is 6. The minimum atomic E-state index is -0.342. The van der Waals surface area contributed by atoms with Gasteiger partial charge in [0.15, 0.2) is 11.5 Å². The highest BCUT2D eigenvalue weighted by Crippen LogP contribution is 2.16. The van der Waals surface area contributed by atoms with E-state index in [1.54, 1.807) is 18.1 Å². The summed E-state index contributed by atoms with van der Waals surface area (Å²) in [7, 11) is 1.54. The van der Waals surface area contributed by atoms with Crippen molar-refractivity contribution in [3.8, 4) is 0 Å². The van der Waals surface area contributed by atoms with Gasteiger partial charge in [0.2, 0.25) is 0 Å². The number of aliphatic hydroxyl groups excluding tert-OH is 1. The molecule has 1 aromatic heterocycles. The molecule has 1 amide bonds. The summed E-state index contributed by atoms with van der Waals surface area (Å²) in [6.07, 6.45) is -0.342. The topological polar surface area (TPSA) is 85.0 Å². The van der Waals surface area contributed by atoms with Gasteiger partial charge in [0.1, 0.15) is 6.61 Å². The van der Waals surface area contributed by atoms with Gasteiger partial charge >= 0.3 is 0 Å². The number of hydrogen-bond donors (Lipinski definition) is 1. The Labute approximate surface area is 111 Å². The number of carbonyl (C=O) groups excluding carboxylic acids is 1. The van der Waals surface area contributed by atoms with Gasteiger partial charge in [-0.2, -0.15) is 0 Å². The van der Waals surface area contributed by atoms with Crippen LogP contribution in [-0.4, -0.2) is 60.1 Å². The van der Waals surface area contributed by atoms with Crippen LogP contribution in [-0.2, 0) is 16.1 Å². The zero-order valence-electron chi connectivity index (χ0n) is 11.0. The minimum absolute atomic E-state index is 0.0575. The molecule has 2 heterocycles. The fraction of sp³-hybridized carbons (Fsp3) is 0.667. The van der Waals surface area contributed by atoms with Gasteiger partial charge in [-0.25, -0.2) is 0 Å². The van der Waals surface area contributed by atoms with E-state index in [4.69, 9.17) is 19.1 Å². The number of ether oxygens (including phenoxy) is 2. The zero-order chi connectivity index (χ0) is 13.8. The zero-order valence-corrected chi connectivity index (χ0v) is 11.0. The first-order valence-corrected chi connectivity index (χ1v) is 6.13. The molecule has 1 aliphatic rings. The van der Waals surface area contributed by atoms with Crippen molar-refractivity contribution < 1.29 is 23.9 Å². The van der Waals surface area contributed by atoms with Crippen molar-refractivity contribution in [1.29, 1.82) is 0 Å². The number of methoxy groups -OCH3 is 1. The number of aliphatic hydroxyl groups is 1. The molecule has 7 heteroatoms. The average Bonchev–Trinajstić information content (AvgIpc) is 2.88. The second kappa shape index (κ2) is 6.14. The number of morpholine rings is 1. The molecular formula is C12H18N2O5. The molecule has 1 aliphatic heterocycles. The van der Waals surface area contributed by atoms with Gasteiger partial charge in [-0.1, -0.05) is 5.16 Å². The molecule has 1 fully saturated rings. The van der Waals surface area contributed by atoms with Gasteiger partial charge in [0.05, 0.1) is 25.4 Å². The third kappa shape index (κ3) is 3.12. The fourth-order valence-corrected chi connectivity index (χ4v) is 1.98. The maximum absolute atomic E-state index is 12.3. The summed E-state index contributed by atoms with van der Waals surface area (Å²) in [5, 5.41) is 12.9. The van der Waals surface area contributed by atoms with Crippen molar-refractivity contribution >= 4 is 5.91 Å². The first kappa shape index (κ1) is 14.0. The van der Waals surface area contributed by atoms with E-state index >= 15 is 0 Å². The Hall–Kier alpha value is -1.44. The number of aromatic nitrogens is 1. The summed E-state index contributed by atoms with van der Waals surface area (Å²) in [5.41, 5.74) is 0.248. The summed E-state index contributed by atoms with van der Waals surface area (Å²) in [4.78, 5) is 14.0. The van der Waals surface area contributed by atoms with Crippen LogP contribution in [0.25, 0.3) is 0 Å². The molecule has 0 aromatic carbocycles. The van der Waals surface area contributed by atoms with E-state index < -0.39 is 0 Å². The molecule has 1 aromatic rings. The summed E-state index contributed by atoms with van der Waals surface area (Å²) in [6.45, 7) is 2.81. The molecule has 1 N–H and O–H groups in total. The van der Waals surface area contributed by atoms with Crippen LogP contribution < -0.4 is 0 Å². The Morgan fingerprint density at radius 1 is 1.68 bits per heavy atom. The van der Waals surface area contributed by atoms with E-state index in [0.717, 1.165) is 0 Å². The van der Waals surface area contributed by atoms with Crippen LogP contribution in [0.1, 0.15) is 23.2 Å². The lowest BCUT2D eigenvalue weighted by Crippen LogP contribution is -2.52. The molecule has 1 saturated heterocycles. The van der Waals surface area contributed by atoms with Crippen LogP contribution >= 0.6 is 0 Å². The maximum Gasteiger partial charge on any atom is 0.276 e. The Balaban J connectivity index is 2.08. The number of nitrogens with zero attached hydrogens (tertiary/aromatic N) is 2. The smallest absolute Gasteiger partial charge is 0.276 e. The Morgan fingerprint density at radius 3 is 3.16 bits per heavy atom. The van der Waals surface area contributed by atoms with Crippen LogP contribution in [0, 0.1) is 0 Å². The van der Waals surface area contributed by atoms with E-state index in [0.29, 0.717) is 18.9 Å². The summed E-state index contributed by atoms with van der Waals surface area (Å²) in [6, 6.07) is 1.51. The lowest BCUT2D eigenvalue weighted by molar-refractivity contribution is -0.0669. The van der Waals surface area contributed by atoms with Crippen LogP contribution in [0.15, 0.2) is 10.6 Å². The molecule has 2 unspecified atom stereocenters. The quantitative estimate of drug-likeness (QED) is 0.831. The normalized spacial score (nSPS) is 23.6. The Morgan fingerprint density at radius 2 is 2.47 bits per heavy atom. The lowest BCUT2D eigenvalue weighted by atomic mass is 10.2. The van der Waals surface area contributed by atoms with Gasteiger partial charge in [0, 0.05) is 19.7 Å². The van der Waals surface area contributed by atoms with Crippen LogP contribution in [0.5, 0.6) is 0 Å². The molecule has 0 radical (unpaired) electrons. The average molecular weight is 270 g/mol. The second-order valence-corrected chi connectivity index (χ2v) is 4.56. The van der Waals surface area contributed by atoms with Gasteiger partial charge in [-0.15, -0.1) is 0 Å². The highest BCUT2D eigenvalue weighted by molar-refractivity contribution is 5.92. The van der Waals surface area contributed by atoms with Gasteiger partial charge in [0.25, 0.3) is 5.91 Å². The number of rotatable bonds is 4. The molecule has 2 atom stereocenters. The highest BCUT2D eigenvalue weighted by Gasteiger charge is 2.31. The van der Waals surface area contributed by atoms with E-state index in [9.17, 15) is 4.79 Å². The lowest BCUT2D eigenvalue weighted by Gasteiger charge is -2.36. The summed E-state index contributed by atoms with van der Waals surface area (Å²) >= 11 is 0. The van der Waals surface area contributed by atoms with Gasteiger partial charge < -0.3 is 24.0 Å². The SMILES string of the molecule is COCc1cc(C(=O)N2CC(CO)OCC2C)no1. The molecule has 2 rings (SSSR count). The largest absolute Gasteiger partial charge is 0.394 e. The molecule has 0 bridgehead atoms. The van der Waals surface area contributed by atoms with E-state index in [1.165, 1.54) is 0 Å². The van der Waals surface area contributed by atoms with E-state index in [1.807, 2.05) is 6.92 Å². The van der Waals surface area contributed by atoms with Crippen molar-refractivity contribution in [2.24, 2.45) is 0 Å². The fourth-order valence-electron chi connectivity index (χ4n) is 1.98. The predicted molar refractivity (Wildman–Crippen MR) is 64.5 cm³/mol. The standard InChI is InChI=1S/C12H18N2O5/c1-8-6-18-10(5-15)4-14(8)12(16)11-3-9(7-17-2)19-13-11/h3,8,10,15H,4-7H2,1-2H3. The maximum atomic E-state index is 12.3. The first-order chi connectivity index (χ1) is 9.15. The van der Waals surface area contributed by atoms with Gasteiger partial charge in [-0.05, 0) is 6.92 Å². The van der Waals surface area contributed by atoms with E-state index in [-0.39, 0.29) is 37.0 Å². The second-order valence-electron chi connectivity index (χ2n) is 4.56. The molecule has 7 nitrogen and oxygen atoms in total. The van der Waals surface area contributed by atoms with Crippen molar-refractivity contribution in [2.45, 2.75) is 25.7 Å². The van der Waals surface area contributed by atoms with Crippen molar-refractivity contribution in [3.63, 3.8) is 0 Å². The molecule has 0 aliphatic carbocycles. The van der Waals surface area contributed by atoms with Crippen LogP contribution in [0.3, 0.4) is 0 Å². The van der Waals surface area contributed by atoms with Crippen molar-refractivity contribution in [2.75, 3.05) is 26.9 Å². The Kier molecular flexibility index (Phi) is 4.52. The first-order valence-electron chi connectivity index (χ1n) is 6.13. The monoisotopic (exact) mass is 270 g/mol. The van der Waals surface area contributed by atoms with E-state index in [2.05, 4.69) is 5.16 Å². The van der Waals surface area contributed by atoms with Crippen molar-refractivity contribution in [3.05, 3.63) is 17.5 Å². The summed E-state index contributed by atoms with van der Waals surface area (Å²) in [5.74, 6) is 0.283. The van der Waals surface area contributed by atoms with Gasteiger partial charge in [-0.3, -0.25) is 4.79 Å². The molecule has 19 heavy (non-hydrogen) atoms. The van der Waals surface area contributed by atoms with Crippen LogP contribution in [0.4, 0.5) is 0 Å².